The Hall–Kier alpha value is -0.930. The zero-order chi connectivity index (χ0) is 14.2. The first-order chi connectivity index (χ1) is 9.63. The molecule has 0 unspecified atom stereocenters. The van der Waals surface area contributed by atoms with Gasteiger partial charge in [0.05, 0.1) is 4.83 Å². The van der Waals surface area contributed by atoms with E-state index in [0.717, 1.165) is 29.5 Å². The first-order valence-electron chi connectivity index (χ1n) is 6.63. The summed E-state index contributed by atoms with van der Waals surface area (Å²) in [7, 11) is 0. The fourth-order valence-electron chi connectivity index (χ4n) is 2.74. The summed E-state index contributed by atoms with van der Waals surface area (Å²) in [4.78, 5) is 12.8. The Morgan fingerprint density at radius 1 is 1.00 bits per heavy atom. The van der Waals surface area contributed by atoms with Crippen molar-refractivity contribution in [3.05, 3.63) is 71.3 Å². The molecule has 2 aromatic carbocycles. The first kappa shape index (κ1) is 14.0. The van der Waals surface area contributed by atoms with Gasteiger partial charge in [0.2, 0.25) is 0 Å². The summed E-state index contributed by atoms with van der Waals surface area (Å²) in [6.07, 6.45) is 1.72. The minimum atomic E-state index is -0.567. The molecule has 0 N–H and O–H groups in total. The monoisotopic (exact) mass is 392 g/mol. The number of Topliss-reactive ketones (excluding diaryl/α,β-unsaturated/α-hetero) is 1. The van der Waals surface area contributed by atoms with Crippen molar-refractivity contribution in [2.75, 3.05) is 0 Å². The van der Waals surface area contributed by atoms with Crippen LogP contribution in [0.5, 0.6) is 0 Å². The van der Waals surface area contributed by atoms with E-state index in [-0.39, 0.29) is 10.6 Å². The van der Waals surface area contributed by atoms with Crippen molar-refractivity contribution in [3.63, 3.8) is 0 Å². The zero-order valence-electron chi connectivity index (χ0n) is 10.9. The van der Waals surface area contributed by atoms with Crippen molar-refractivity contribution < 1.29 is 4.79 Å². The Morgan fingerprint density at radius 2 is 1.65 bits per heavy atom. The molecule has 1 aliphatic carbocycles. The number of rotatable bonds is 2. The van der Waals surface area contributed by atoms with E-state index in [1.54, 1.807) is 0 Å². The minimum absolute atomic E-state index is 0.0305. The second-order valence-electron chi connectivity index (χ2n) is 5.12. The minimum Gasteiger partial charge on any atom is -0.293 e. The van der Waals surface area contributed by atoms with E-state index in [9.17, 15) is 4.79 Å². The molecule has 0 fully saturated rings. The van der Waals surface area contributed by atoms with Gasteiger partial charge in [-0.3, -0.25) is 4.79 Å². The smallest absolute Gasteiger partial charge is 0.181 e. The molecule has 102 valence electrons. The molecule has 0 heterocycles. The van der Waals surface area contributed by atoms with Crippen LogP contribution in [-0.4, -0.2) is 10.1 Å². The van der Waals surface area contributed by atoms with E-state index >= 15 is 0 Å². The van der Waals surface area contributed by atoms with Gasteiger partial charge in [-0.05, 0) is 24.0 Å². The van der Waals surface area contributed by atoms with Gasteiger partial charge < -0.3 is 0 Å². The number of aryl methyl sites for hydroxylation is 1. The number of alkyl halides is 2. The van der Waals surface area contributed by atoms with Crippen molar-refractivity contribution in [3.8, 4) is 0 Å². The topological polar surface area (TPSA) is 17.1 Å². The molecule has 3 heteroatoms. The SMILES string of the molecule is O=C1c2ccccc2CC[C@@]1(Br)[C@H](Br)c1ccccc1. The normalized spacial score (nSPS) is 23.2. The Kier molecular flexibility index (Phi) is 3.83. The van der Waals surface area contributed by atoms with E-state index in [1.165, 1.54) is 0 Å². The van der Waals surface area contributed by atoms with E-state index in [4.69, 9.17) is 0 Å². The lowest BCUT2D eigenvalue weighted by molar-refractivity contribution is 0.0930. The number of carbonyl (C=O) groups excluding carboxylic acids is 1. The molecule has 20 heavy (non-hydrogen) atoms. The highest BCUT2D eigenvalue weighted by Crippen LogP contribution is 2.48. The van der Waals surface area contributed by atoms with Gasteiger partial charge in [0, 0.05) is 5.56 Å². The maximum atomic E-state index is 12.9. The van der Waals surface area contributed by atoms with Crippen LogP contribution in [0.1, 0.15) is 32.7 Å². The summed E-state index contributed by atoms with van der Waals surface area (Å²) >= 11 is 7.47. The second kappa shape index (κ2) is 5.45. The maximum Gasteiger partial charge on any atom is 0.181 e. The van der Waals surface area contributed by atoms with Crippen LogP contribution < -0.4 is 0 Å². The standard InChI is InChI=1S/C17H14Br2O/c18-15(13-7-2-1-3-8-13)17(19)11-10-12-6-4-5-9-14(12)16(17)20/h1-9,15H,10-11H2/t15-,17-/m1/s1. The highest BCUT2D eigenvalue weighted by atomic mass is 79.9. The molecule has 0 aliphatic heterocycles. The van der Waals surface area contributed by atoms with Crippen LogP contribution in [0.2, 0.25) is 0 Å². The van der Waals surface area contributed by atoms with Crippen LogP contribution in [0, 0.1) is 0 Å². The summed E-state index contributed by atoms with van der Waals surface area (Å²) in [6.45, 7) is 0. The Balaban J connectivity index is 2.00. The summed E-state index contributed by atoms with van der Waals surface area (Å²) in [5.74, 6) is 0.171. The number of hydrogen-bond donors (Lipinski definition) is 0. The summed E-state index contributed by atoms with van der Waals surface area (Å²) in [5.41, 5.74) is 3.12. The van der Waals surface area contributed by atoms with Crippen LogP contribution in [0.3, 0.4) is 0 Å². The molecule has 0 radical (unpaired) electrons. The summed E-state index contributed by atoms with van der Waals surface area (Å²) < 4.78 is -0.567. The molecule has 2 aromatic rings. The summed E-state index contributed by atoms with van der Waals surface area (Å²) in [5, 5.41) is 0. The second-order valence-corrected chi connectivity index (χ2v) is 7.45. The molecule has 0 spiro atoms. The van der Waals surface area contributed by atoms with Gasteiger partial charge in [-0.15, -0.1) is 0 Å². The van der Waals surface area contributed by atoms with Crippen LogP contribution in [-0.2, 0) is 6.42 Å². The predicted molar refractivity (Wildman–Crippen MR) is 88.9 cm³/mol. The van der Waals surface area contributed by atoms with Crippen molar-refractivity contribution >= 4 is 37.6 Å². The van der Waals surface area contributed by atoms with Gasteiger partial charge >= 0.3 is 0 Å². The average molecular weight is 394 g/mol. The number of fused-ring (bicyclic) bond motifs is 1. The Bertz CT molecular complexity index is 638. The largest absolute Gasteiger partial charge is 0.293 e. The van der Waals surface area contributed by atoms with Gasteiger partial charge in [-0.2, -0.15) is 0 Å². The molecule has 0 bridgehead atoms. The Labute approximate surface area is 135 Å². The highest BCUT2D eigenvalue weighted by Gasteiger charge is 2.45. The molecular weight excluding hydrogens is 380 g/mol. The van der Waals surface area contributed by atoms with E-state index < -0.39 is 4.32 Å². The van der Waals surface area contributed by atoms with Gasteiger partial charge in [0.15, 0.2) is 5.78 Å². The van der Waals surface area contributed by atoms with Gasteiger partial charge in [-0.1, -0.05) is 86.5 Å². The molecule has 1 aliphatic rings. The van der Waals surface area contributed by atoms with Crippen molar-refractivity contribution in [2.45, 2.75) is 22.0 Å². The molecule has 0 aromatic heterocycles. The van der Waals surface area contributed by atoms with Crippen LogP contribution in [0.25, 0.3) is 0 Å². The van der Waals surface area contributed by atoms with Crippen LogP contribution in [0.4, 0.5) is 0 Å². The van der Waals surface area contributed by atoms with Crippen molar-refractivity contribution in [1.82, 2.24) is 0 Å². The number of carbonyl (C=O) groups is 1. The van der Waals surface area contributed by atoms with E-state index in [2.05, 4.69) is 44.0 Å². The highest BCUT2D eigenvalue weighted by molar-refractivity contribution is 9.12. The third-order valence-corrected chi connectivity index (χ3v) is 7.03. The molecule has 0 amide bonds. The third-order valence-electron chi connectivity index (χ3n) is 3.89. The van der Waals surface area contributed by atoms with E-state index in [0.29, 0.717) is 0 Å². The molecule has 0 saturated heterocycles. The number of halogens is 2. The number of benzene rings is 2. The lowest BCUT2D eigenvalue weighted by Crippen LogP contribution is -2.40. The Morgan fingerprint density at radius 3 is 2.40 bits per heavy atom. The summed E-state index contributed by atoms with van der Waals surface area (Å²) in [6, 6.07) is 18.0. The first-order valence-corrected chi connectivity index (χ1v) is 8.34. The fourth-order valence-corrected chi connectivity index (χ4v) is 4.16. The fraction of sp³-hybridized carbons (Fsp3) is 0.235. The predicted octanol–water partition coefficient (Wildman–Crippen LogP) is 5.09. The average Bonchev–Trinajstić information content (AvgIpc) is 2.51. The lowest BCUT2D eigenvalue weighted by atomic mass is 9.79. The van der Waals surface area contributed by atoms with Crippen molar-refractivity contribution in [1.29, 1.82) is 0 Å². The van der Waals surface area contributed by atoms with Gasteiger partial charge in [0.25, 0.3) is 0 Å². The molecular formula is C17H14Br2O. The zero-order valence-corrected chi connectivity index (χ0v) is 14.0. The molecule has 0 saturated carbocycles. The maximum absolute atomic E-state index is 12.9. The van der Waals surface area contributed by atoms with E-state index in [1.807, 2.05) is 42.5 Å². The van der Waals surface area contributed by atoms with Crippen LogP contribution >= 0.6 is 31.9 Å². The van der Waals surface area contributed by atoms with Crippen LogP contribution in [0.15, 0.2) is 54.6 Å². The van der Waals surface area contributed by atoms with Crippen molar-refractivity contribution in [2.24, 2.45) is 0 Å². The number of ketones is 1. The quantitative estimate of drug-likeness (QED) is 0.649. The third kappa shape index (κ3) is 2.27. The van der Waals surface area contributed by atoms with Gasteiger partial charge in [-0.25, -0.2) is 0 Å². The molecule has 2 atom stereocenters. The number of hydrogen-bond acceptors (Lipinski definition) is 1. The molecule has 1 nitrogen and oxygen atoms in total. The lowest BCUT2D eigenvalue weighted by Gasteiger charge is -2.35. The molecule has 3 rings (SSSR count). The van der Waals surface area contributed by atoms with Gasteiger partial charge in [0.1, 0.15) is 4.32 Å².